The minimum atomic E-state index is -1.50. The average Bonchev–Trinajstić information content (AvgIpc) is 2.45. The molecule has 0 aromatic rings. The van der Waals surface area contributed by atoms with Gasteiger partial charge in [0, 0.05) is 21.9 Å². The Morgan fingerprint density at radius 3 is 1.70 bits per heavy atom. The first-order valence-electron chi connectivity index (χ1n) is 9.99. The van der Waals surface area contributed by atoms with Gasteiger partial charge in [0.15, 0.2) is 0 Å². The third-order valence-corrected chi connectivity index (χ3v) is 15.9. The number of rotatable bonds is 7. The van der Waals surface area contributed by atoms with Gasteiger partial charge in [0.25, 0.3) is 0 Å². The normalized spacial score (nSPS) is 20.5. The van der Waals surface area contributed by atoms with Gasteiger partial charge in [-0.1, -0.05) is 71.6 Å². The molecule has 1 saturated carbocycles. The first kappa shape index (κ1) is 21.2. The Bertz CT molecular complexity index is 378. The molecule has 0 atom stereocenters. The first-order valence-corrected chi connectivity index (χ1v) is 13.2. The second-order valence-corrected chi connectivity index (χ2v) is 17.0. The van der Waals surface area contributed by atoms with Crippen molar-refractivity contribution in [2.24, 2.45) is 0 Å². The van der Waals surface area contributed by atoms with Crippen LogP contribution in [0.2, 0.25) is 16.6 Å². The summed E-state index contributed by atoms with van der Waals surface area (Å²) in [6.07, 6.45) is 7.13. The van der Waals surface area contributed by atoms with E-state index in [4.69, 9.17) is 0 Å². The molecule has 23 heavy (non-hydrogen) atoms. The van der Waals surface area contributed by atoms with E-state index in [1.54, 1.807) is 10.8 Å². The summed E-state index contributed by atoms with van der Waals surface area (Å²) in [5, 5.41) is 6.29. The van der Waals surface area contributed by atoms with Gasteiger partial charge in [-0.3, -0.25) is 0 Å². The summed E-state index contributed by atoms with van der Waals surface area (Å²) in [7, 11) is -0.299. The van der Waals surface area contributed by atoms with Crippen LogP contribution in [-0.2, 0) is 0 Å². The maximum atomic E-state index is 4.23. The summed E-state index contributed by atoms with van der Waals surface area (Å²) in [6, 6.07) is 0. The standard InChI is InChI=1S/C20H43NSi2/c1-15(2)23(16(3)4,17(5)6)20(12-10-9-11-13-20)21-14-18(7)19(8)22/h15-17,21H,9-14H2,1-8,22H3. The molecule has 3 heteroatoms. The maximum absolute atomic E-state index is 4.23. The van der Waals surface area contributed by atoms with Crippen LogP contribution in [0.15, 0.2) is 10.8 Å². The quantitative estimate of drug-likeness (QED) is 0.624. The molecule has 0 spiro atoms. The Hall–Kier alpha value is 0.134. The fourth-order valence-electron chi connectivity index (χ4n) is 6.05. The Morgan fingerprint density at radius 1 is 0.913 bits per heavy atom. The largest absolute Gasteiger partial charge is 0.310 e. The van der Waals surface area contributed by atoms with Gasteiger partial charge in [-0.25, -0.2) is 0 Å². The lowest BCUT2D eigenvalue weighted by Gasteiger charge is -2.59. The second kappa shape index (κ2) is 8.48. The van der Waals surface area contributed by atoms with Crippen molar-refractivity contribution < 1.29 is 0 Å². The maximum Gasteiger partial charge on any atom is 0.0841 e. The van der Waals surface area contributed by atoms with Gasteiger partial charge in [-0.2, -0.15) is 0 Å². The van der Waals surface area contributed by atoms with Crippen molar-refractivity contribution >= 4 is 18.3 Å². The molecule has 0 radical (unpaired) electrons. The molecule has 1 N–H and O–H groups in total. The van der Waals surface area contributed by atoms with Crippen LogP contribution < -0.4 is 5.32 Å². The van der Waals surface area contributed by atoms with E-state index in [0.29, 0.717) is 5.16 Å². The molecule has 1 aliphatic carbocycles. The average molecular weight is 354 g/mol. The monoisotopic (exact) mass is 353 g/mol. The Labute approximate surface area is 150 Å². The third-order valence-electron chi connectivity index (χ3n) is 6.95. The molecule has 1 aliphatic rings. The van der Waals surface area contributed by atoms with E-state index in [1.807, 2.05) is 0 Å². The first-order chi connectivity index (χ1) is 10.6. The number of nitrogens with one attached hydrogen (secondary N) is 1. The number of hydrogen-bond acceptors (Lipinski definition) is 1. The van der Waals surface area contributed by atoms with Crippen LogP contribution in [0.3, 0.4) is 0 Å². The van der Waals surface area contributed by atoms with Crippen molar-refractivity contribution in [3.05, 3.63) is 10.8 Å². The van der Waals surface area contributed by atoms with Crippen molar-refractivity contribution in [3.63, 3.8) is 0 Å². The van der Waals surface area contributed by atoms with Crippen molar-refractivity contribution in [2.75, 3.05) is 6.54 Å². The molecule has 1 rings (SSSR count). The second-order valence-electron chi connectivity index (χ2n) is 9.17. The Morgan fingerprint density at radius 2 is 1.35 bits per heavy atom. The van der Waals surface area contributed by atoms with Crippen molar-refractivity contribution in [1.29, 1.82) is 0 Å². The molecule has 0 aromatic heterocycles. The van der Waals surface area contributed by atoms with Gasteiger partial charge in [-0.05, 0) is 43.3 Å². The summed E-state index contributed by atoms with van der Waals surface area (Å²) in [4.78, 5) is 0. The zero-order valence-electron chi connectivity index (χ0n) is 17.5. The van der Waals surface area contributed by atoms with E-state index in [1.165, 1.54) is 42.3 Å². The fraction of sp³-hybridized carbons (Fsp3) is 0.900. The molecule has 136 valence electrons. The van der Waals surface area contributed by atoms with Crippen LogP contribution in [0, 0.1) is 0 Å². The molecule has 0 unspecified atom stereocenters. The van der Waals surface area contributed by atoms with Crippen molar-refractivity contribution in [1.82, 2.24) is 5.32 Å². The van der Waals surface area contributed by atoms with Crippen LogP contribution in [0.4, 0.5) is 0 Å². The molecular formula is C20H43NSi2. The Balaban J connectivity index is 3.32. The van der Waals surface area contributed by atoms with E-state index < -0.39 is 8.07 Å². The summed E-state index contributed by atoms with van der Waals surface area (Å²) in [5.74, 6) is 0. The highest BCUT2D eigenvalue weighted by Gasteiger charge is 2.57. The molecule has 0 aromatic carbocycles. The predicted octanol–water partition coefficient (Wildman–Crippen LogP) is 5.16. The lowest BCUT2D eigenvalue weighted by atomic mass is 9.94. The minimum absolute atomic E-state index is 0.444. The van der Waals surface area contributed by atoms with E-state index in [2.05, 4.69) is 60.7 Å². The molecule has 1 nitrogen and oxygen atoms in total. The number of allylic oxidation sites excluding steroid dienone is 1. The fourth-order valence-corrected chi connectivity index (χ4v) is 15.2. The van der Waals surface area contributed by atoms with Crippen LogP contribution in [0.1, 0.15) is 87.5 Å². The van der Waals surface area contributed by atoms with E-state index in [9.17, 15) is 0 Å². The van der Waals surface area contributed by atoms with Crippen LogP contribution >= 0.6 is 0 Å². The molecule has 0 bridgehead atoms. The van der Waals surface area contributed by atoms with Crippen molar-refractivity contribution in [2.45, 2.75) is 109 Å². The van der Waals surface area contributed by atoms with Crippen LogP contribution in [-0.4, -0.2) is 30.0 Å². The topological polar surface area (TPSA) is 12.0 Å². The molecule has 0 aliphatic heterocycles. The Kier molecular flexibility index (Phi) is 7.81. The van der Waals surface area contributed by atoms with Gasteiger partial charge in [-0.15, -0.1) is 0 Å². The van der Waals surface area contributed by atoms with Gasteiger partial charge in [0.2, 0.25) is 0 Å². The van der Waals surface area contributed by atoms with E-state index in [0.717, 1.165) is 23.2 Å². The van der Waals surface area contributed by atoms with Gasteiger partial charge >= 0.3 is 0 Å². The molecule has 0 heterocycles. The summed E-state index contributed by atoms with van der Waals surface area (Å²) in [6.45, 7) is 21.0. The summed E-state index contributed by atoms with van der Waals surface area (Å²) < 4.78 is 0. The van der Waals surface area contributed by atoms with Crippen molar-refractivity contribution in [3.8, 4) is 0 Å². The minimum Gasteiger partial charge on any atom is -0.310 e. The summed E-state index contributed by atoms with van der Waals surface area (Å²) in [5.41, 5.74) is 4.12. The lowest BCUT2D eigenvalue weighted by Crippen LogP contribution is -2.71. The molecule has 1 fully saturated rings. The zero-order chi connectivity index (χ0) is 17.8. The zero-order valence-corrected chi connectivity index (χ0v) is 20.5. The van der Waals surface area contributed by atoms with Gasteiger partial charge < -0.3 is 5.32 Å². The predicted molar refractivity (Wildman–Crippen MR) is 113 cm³/mol. The SMILES string of the molecule is CC([SiH3])=C(C)CNC1([Si](C(C)C)(C(C)C)C(C)C)CCCCC1. The molecule has 0 saturated heterocycles. The van der Waals surface area contributed by atoms with Gasteiger partial charge in [0.05, 0.1) is 8.07 Å². The van der Waals surface area contributed by atoms with Crippen LogP contribution in [0.5, 0.6) is 0 Å². The number of hydrogen-bond donors (Lipinski definition) is 1. The van der Waals surface area contributed by atoms with E-state index >= 15 is 0 Å². The lowest BCUT2D eigenvalue weighted by molar-refractivity contribution is 0.307. The smallest absolute Gasteiger partial charge is 0.0841 e. The highest BCUT2D eigenvalue weighted by Crippen LogP contribution is 2.53. The van der Waals surface area contributed by atoms with Gasteiger partial charge in [0.1, 0.15) is 0 Å². The summed E-state index contributed by atoms with van der Waals surface area (Å²) >= 11 is 0. The van der Waals surface area contributed by atoms with E-state index in [-0.39, 0.29) is 0 Å². The highest BCUT2D eigenvalue weighted by atomic mass is 28.3. The highest BCUT2D eigenvalue weighted by molar-refractivity contribution is 6.86. The van der Waals surface area contributed by atoms with Crippen LogP contribution in [0.25, 0.3) is 0 Å². The third kappa shape index (κ3) is 4.04. The molecular weight excluding hydrogens is 310 g/mol. The molecule has 0 amide bonds.